The number of aryl methyl sites for hydroxylation is 1. The van der Waals surface area contributed by atoms with Crippen LogP contribution >= 0.6 is 22.9 Å². The summed E-state index contributed by atoms with van der Waals surface area (Å²) in [7, 11) is 0. The first-order valence-electron chi connectivity index (χ1n) is 6.80. The van der Waals surface area contributed by atoms with Crippen LogP contribution in [0.25, 0.3) is 0 Å². The van der Waals surface area contributed by atoms with E-state index in [0.717, 1.165) is 31.0 Å². The van der Waals surface area contributed by atoms with E-state index in [2.05, 4.69) is 24.5 Å². The zero-order valence-corrected chi connectivity index (χ0v) is 12.7. The minimum atomic E-state index is 0.380. The highest BCUT2D eigenvalue weighted by atomic mass is 35.5. The normalized spacial score (nSPS) is 21.4. The van der Waals surface area contributed by atoms with Crippen LogP contribution < -0.4 is 5.32 Å². The van der Waals surface area contributed by atoms with Gasteiger partial charge in [0.1, 0.15) is 0 Å². The smallest absolute Gasteiger partial charge is 0.0590 e. The molecule has 102 valence electrons. The Labute approximate surface area is 119 Å². The fraction of sp³-hybridized carbons (Fsp3) is 0.714. The number of ether oxygens (including phenoxy) is 1. The molecule has 2 unspecified atom stereocenters. The van der Waals surface area contributed by atoms with Gasteiger partial charge in [-0.3, -0.25) is 0 Å². The molecule has 2 atom stereocenters. The summed E-state index contributed by atoms with van der Waals surface area (Å²) in [6.07, 6.45) is 5.14. The molecule has 1 N–H and O–H groups in total. The van der Waals surface area contributed by atoms with Gasteiger partial charge in [0.25, 0.3) is 0 Å². The molecule has 2 heterocycles. The fourth-order valence-corrected chi connectivity index (χ4v) is 3.92. The lowest BCUT2D eigenvalue weighted by molar-refractivity contribution is 0.0997. The maximum absolute atomic E-state index is 6.37. The third-order valence-corrected chi connectivity index (χ3v) is 5.32. The van der Waals surface area contributed by atoms with E-state index in [1.54, 1.807) is 11.3 Å². The molecule has 0 radical (unpaired) electrons. The van der Waals surface area contributed by atoms with Crippen molar-refractivity contribution in [3.63, 3.8) is 0 Å². The average Bonchev–Trinajstić information content (AvgIpc) is 2.98. The number of rotatable bonds is 6. The van der Waals surface area contributed by atoms with Crippen LogP contribution in [-0.4, -0.2) is 19.3 Å². The van der Waals surface area contributed by atoms with Gasteiger partial charge in [-0.2, -0.15) is 0 Å². The summed E-state index contributed by atoms with van der Waals surface area (Å²) < 4.78 is 5.70. The molecule has 0 saturated carbocycles. The predicted octanol–water partition coefficient (Wildman–Crippen LogP) is 4.32. The van der Waals surface area contributed by atoms with E-state index in [1.165, 1.54) is 23.3 Å². The first-order chi connectivity index (χ1) is 8.72. The minimum Gasteiger partial charge on any atom is -0.378 e. The Morgan fingerprint density at radius 2 is 2.44 bits per heavy atom. The molecule has 1 fully saturated rings. The van der Waals surface area contributed by atoms with Gasteiger partial charge in [-0.05, 0) is 50.1 Å². The topological polar surface area (TPSA) is 21.3 Å². The summed E-state index contributed by atoms with van der Waals surface area (Å²) in [6, 6.07) is 0.380. The van der Waals surface area contributed by atoms with E-state index in [4.69, 9.17) is 16.3 Å². The number of thiophene rings is 1. The summed E-state index contributed by atoms with van der Waals surface area (Å²) in [5, 5.41) is 6.64. The molecule has 1 saturated heterocycles. The van der Waals surface area contributed by atoms with Crippen LogP contribution in [0.15, 0.2) is 5.38 Å². The Bertz CT molecular complexity index is 374. The second-order valence-electron chi connectivity index (χ2n) is 4.92. The van der Waals surface area contributed by atoms with E-state index < -0.39 is 0 Å². The van der Waals surface area contributed by atoms with Gasteiger partial charge in [0.05, 0.1) is 11.1 Å². The zero-order valence-electron chi connectivity index (χ0n) is 11.2. The molecule has 1 aromatic heterocycles. The Balaban J connectivity index is 1.96. The second kappa shape index (κ2) is 6.90. The standard InChI is InChI=1S/C14H22ClNOS/c1-3-16-12(7-6-11-5-4-8-17-11)14-13(15)10(2)9-18-14/h9,11-12,16H,3-8H2,1-2H3. The van der Waals surface area contributed by atoms with Crippen molar-refractivity contribution in [2.75, 3.05) is 13.2 Å². The maximum atomic E-state index is 6.37. The van der Waals surface area contributed by atoms with Gasteiger partial charge >= 0.3 is 0 Å². The quantitative estimate of drug-likeness (QED) is 0.841. The Hall–Kier alpha value is -0.0900. The first-order valence-corrected chi connectivity index (χ1v) is 8.06. The summed E-state index contributed by atoms with van der Waals surface area (Å²) >= 11 is 8.15. The van der Waals surface area contributed by atoms with Gasteiger partial charge in [-0.15, -0.1) is 11.3 Å². The van der Waals surface area contributed by atoms with Crippen LogP contribution in [0.3, 0.4) is 0 Å². The lowest BCUT2D eigenvalue weighted by Gasteiger charge is -2.19. The van der Waals surface area contributed by atoms with Gasteiger partial charge in [-0.1, -0.05) is 18.5 Å². The van der Waals surface area contributed by atoms with E-state index >= 15 is 0 Å². The first kappa shape index (κ1) is 14.3. The molecule has 2 nitrogen and oxygen atoms in total. The summed E-state index contributed by atoms with van der Waals surface area (Å²) in [6.45, 7) is 6.14. The van der Waals surface area contributed by atoms with Crippen molar-refractivity contribution in [1.82, 2.24) is 5.32 Å². The highest BCUT2D eigenvalue weighted by Gasteiger charge is 2.21. The van der Waals surface area contributed by atoms with Crippen molar-refractivity contribution in [1.29, 1.82) is 0 Å². The fourth-order valence-electron chi connectivity index (χ4n) is 2.48. The third-order valence-electron chi connectivity index (χ3n) is 3.49. The van der Waals surface area contributed by atoms with Crippen molar-refractivity contribution in [2.45, 2.75) is 51.7 Å². The summed E-state index contributed by atoms with van der Waals surface area (Å²) in [4.78, 5) is 1.29. The van der Waals surface area contributed by atoms with E-state index in [0.29, 0.717) is 12.1 Å². The molecule has 18 heavy (non-hydrogen) atoms. The summed E-state index contributed by atoms with van der Waals surface area (Å²) in [5.41, 5.74) is 1.19. The minimum absolute atomic E-state index is 0.380. The van der Waals surface area contributed by atoms with Crippen LogP contribution in [0, 0.1) is 6.92 Å². The Morgan fingerprint density at radius 3 is 3.00 bits per heavy atom. The molecule has 0 bridgehead atoms. The molecular weight excluding hydrogens is 266 g/mol. The molecule has 1 aliphatic heterocycles. The maximum Gasteiger partial charge on any atom is 0.0590 e. The Morgan fingerprint density at radius 1 is 1.61 bits per heavy atom. The predicted molar refractivity (Wildman–Crippen MR) is 78.7 cm³/mol. The van der Waals surface area contributed by atoms with E-state index in [1.807, 2.05) is 0 Å². The van der Waals surface area contributed by atoms with Crippen LogP contribution in [0.4, 0.5) is 0 Å². The van der Waals surface area contributed by atoms with Crippen molar-refractivity contribution in [2.24, 2.45) is 0 Å². The van der Waals surface area contributed by atoms with Crippen molar-refractivity contribution in [3.05, 3.63) is 20.8 Å². The van der Waals surface area contributed by atoms with Gasteiger partial charge in [0.2, 0.25) is 0 Å². The third kappa shape index (κ3) is 3.47. The van der Waals surface area contributed by atoms with Gasteiger partial charge in [0, 0.05) is 17.5 Å². The Kier molecular flexibility index (Phi) is 5.49. The summed E-state index contributed by atoms with van der Waals surface area (Å²) in [5.74, 6) is 0. The van der Waals surface area contributed by atoms with E-state index in [9.17, 15) is 0 Å². The average molecular weight is 288 g/mol. The molecule has 0 aromatic carbocycles. The van der Waals surface area contributed by atoms with Crippen molar-refractivity contribution in [3.8, 4) is 0 Å². The second-order valence-corrected chi connectivity index (χ2v) is 6.21. The molecule has 1 aromatic rings. The van der Waals surface area contributed by atoms with Gasteiger partial charge < -0.3 is 10.1 Å². The van der Waals surface area contributed by atoms with Crippen molar-refractivity contribution >= 4 is 22.9 Å². The number of hydrogen-bond acceptors (Lipinski definition) is 3. The lowest BCUT2D eigenvalue weighted by Crippen LogP contribution is -2.22. The van der Waals surface area contributed by atoms with Crippen molar-refractivity contribution < 1.29 is 4.74 Å². The van der Waals surface area contributed by atoms with Crippen LogP contribution in [-0.2, 0) is 4.74 Å². The van der Waals surface area contributed by atoms with E-state index in [-0.39, 0.29) is 0 Å². The lowest BCUT2D eigenvalue weighted by atomic mass is 10.0. The van der Waals surface area contributed by atoms with Gasteiger partial charge in [0.15, 0.2) is 0 Å². The SMILES string of the molecule is CCNC(CCC1CCCO1)c1scc(C)c1Cl. The molecule has 4 heteroatoms. The highest BCUT2D eigenvalue weighted by molar-refractivity contribution is 7.10. The molecule has 1 aliphatic rings. The molecule has 0 spiro atoms. The molecule has 2 rings (SSSR count). The number of nitrogens with one attached hydrogen (secondary N) is 1. The number of halogens is 1. The van der Waals surface area contributed by atoms with Gasteiger partial charge in [-0.25, -0.2) is 0 Å². The molecular formula is C14H22ClNOS. The van der Waals surface area contributed by atoms with Crippen LogP contribution in [0.1, 0.15) is 49.1 Å². The number of hydrogen-bond donors (Lipinski definition) is 1. The highest BCUT2D eigenvalue weighted by Crippen LogP contribution is 2.35. The van der Waals surface area contributed by atoms with Crippen LogP contribution in [0.5, 0.6) is 0 Å². The molecule has 0 aliphatic carbocycles. The molecule has 0 amide bonds. The van der Waals surface area contributed by atoms with Crippen LogP contribution in [0.2, 0.25) is 5.02 Å². The monoisotopic (exact) mass is 287 g/mol. The largest absolute Gasteiger partial charge is 0.378 e. The zero-order chi connectivity index (χ0) is 13.0.